The van der Waals surface area contributed by atoms with Gasteiger partial charge >= 0.3 is 0 Å². The molecule has 0 saturated carbocycles. The number of rotatable bonds is 9. The van der Waals surface area contributed by atoms with Crippen molar-refractivity contribution in [2.24, 2.45) is 0 Å². The molecule has 1 N–H and O–H groups in total. The van der Waals surface area contributed by atoms with Gasteiger partial charge in [-0.05, 0) is 49.3 Å². The lowest BCUT2D eigenvalue weighted by Crippen LogP contribution is -2.24. The molecule has 0 fully saturated rings. The topological polar surface area (TPSA) is 60.3 Å². The van der Waals surface area contributed by atoms with Crippen molar-refractivity contribution in [2.45, 2.75) is 20.5 Å². The lowest BCUT2D eigenvalue weighted by Gasteiger charge is -2.08. The molecule has 1 aromatic carbocycles. The largest absolute Gasteiger partial charge is 0.489 e. The number of carbonyl (C=O) groups excluding carboxylic acids is 1. The summed E-state index contributed by atoms with van der Waals surface area (Å²) in [6, 6.07) is 14.6. The molecule has 5 nitrogen and oxygen atoms in total. The number of hydrogen-bond donors (Lipinski definition) is 1. The van der Waals surface area contributed by atoms with Crippen LogP contribution in [0.5, 0.6) is 5.75 Å². The monoisotopic (exact) mass is 464 g/mol. The average Bonchev–Trinajstić information content (AvgIpc) is 3.18. The van der Waals surface area contributed by atoms with Gasteiger partial charge in [0, 0.05) is 18.8 Å². The zero-order chi connectivity index (χ0) is 23.8. The number of nitrogens with zero attached hydrogens (tertiary/aromatic N) is 1. The maximum Gasteiger partial charge on any atom is 0.261 e. The first-order valence-corrected chi connectivity index (χ1v) is 11.1. The molecule has 0 spiro atoms. The molecule has 0 radical (unpaired) electrons. The first-order valence-electron chi connectivity index (χ1n) is 10.3. The highest BCUT2D eigenvalue weighted by Gasteiger charge is 2.15. The summed E-state index contributed by atoms with van der Waals surface area (Å²) in [6.07, 6.45) is 5.59. The molecule has 2 heterocycles. The number of aryl methyl sites for hydroxylation is 1. The van der Waals surface area contributed by atoms with E-state index in [2.05, 4.69) is 11.9 Å². The van der Waals surface area contributed by atoms with Crippen LogP contribution in [0.1, 0.15) is 27.7 Å². The van der Waals surface area contributed by atoms with Crippen LogP contribution in [-0.4, -0.2) is 17.0 Å². The molecule has 0 bridgehead atoms. The van der Waals surface area contributed by atoms with Gasteiger partial charge in [-0.2, -0.15) is 0 Å². The zero-order valence-electron chi connectivity index (χ0n) is 18.5. The van der Waals surface area contributed by atoms with E-state index in [1.807, 2.05) is 37.3 Å². The second kappa shape index (κ2) is 11.2. The molecule has 7 heteroatoms. The number of ether oxygens (including phenoxy) is 1. The Labute approximate surface area is 196 Å². The maximum atomic E-state index is 13.5. The molecule has 0 aliphatic carbocycles. The van der Waals surface area contributed by atoms with E-state index >= 15 is 0 Å². The predicted molar refractivity (Wildman–Crippen MR) is 131 cm³/mol. The van der Waals surface area contributed by atoms with Gasteiger partial charge < -0.3 is 10.1 Å². The molecule has 2 aromatic heterocycles. The first-order chi connectivity index (χ1) is 15.9. The van der Waals surface area contributed by atoms with E-state index in [0.717, 1.165) is 11.1 Å². The number of aromatic nitrogens is 1. The highest BCUT2D eigenvalue weighted by molar-refractivity contribution is 7.16. The second-order valence-corrected chi connectivity index (χ2v) is 8.43. The van der Waals surface area contributed by atoms with Crippen LogP contribution in [0, 0.1) is 6.92 Å². The predicted octanol–water partition coefficient (Wildman–Crippen LogP) is 5.50. The number of thiophene rings is 1. The molecular weight excluding hydrogens is 439 g/mol. The van der Waals surface area contributed by atoms with Crippen LogP contribution in [0.2, 0.25) is 0 Å². The zero-order valence-corrected chi connectivity index (χ0v) is 19.3. The van der Waals surface area contributed by atoms with Gasteiger partial charge in [-0.25, -0.2) is 4.39 Å². The normalized spacial score (nSPS) is 11.8. The van der Waals surface area contributed by atoms with Gasteiger partial charge in [0.2, 0.25) is 0 Å². The fraction of sp³-hybridized carbons (Fsp3) is 0.154. The van der Waals surface area contributed by atoms with E-state index in [1.54, 1.807) is 25.3 Å². The van der Waals surface area contributed by atoms with E-state index in [0.29, 0.717) is 27.8 Å². The summed E-state index contributed by atoms with van der Waals surface area (Å²) in [4.78, 5) is 25.8. The van der Waals surface area contributed by atoms with Crippen molar-refractivity contribution in [2.75, 3.05) is 6.54 Å². The van der Waals surface area contributed by atoms with Crippen molar-refractivity contribution in [3.63, 3.8) is 0 Å². The first kappa shape index (κ1) is 23.9. The fourth-order valence-electron chi connectivity index (χ4n) is 3.03. The van der Waals surface area contributed by atoms with Gasteiger partial charge in [-0.15, -0.1) is 11.3 Å². The summed E-state index contributed by atoms with van der Waals surface area (Å²) in [5, 5.41) is 3.41. The maximum absolute atomic E-state index is 13.5. The highest BCUT2D eigenvalue weighted by atomic mass is 32.1. The Kier molecular flexibility index (Phi) is 8.16. The van der Waals surface area contributed by atoms with E-state index in [4.69, 9.17) is 4.74 Å². The molecule has 3 aromatic rings. The highest BCUT2D eigenvalue weighted by Crippen LogP contribution is 2.25. The summed E-state index contributed by atoms with van der Waals surface area (Å²) in [7, 11) is 0. The number of amides is 1. The Bertz CT molecular complexity index is 1260. The molecule has 3 rings (SSSR count). The number of carbonyl (C=O) groups is 1. The van der Waals surface area contributed by atoms with Gasteiger partial charge in [-0.1, -0.05) is 48.6 Å². The smallest absolute Gasteiger partial charge is 0.261 e. The van der Waals surface area contributed by atoms with Crippen LogP contribution >= 0.6 is 11.3 Å². The van der Waals surface area contributed by atoms with E-state index in [1.165, 1.54) is 40.2 Å². The van der Waals surface area contributed by atoms with Gasteiger partial charge in [-0.3, -0.25) is 14.2 Å². The molecule has 1 amide bonds. The molecule has 0 aliphatic heterocycles. The molecular formula is C26H25FN2O3S. The summed E-state index contributed by atoms with van der Waals surface area (Å²) in [5.74, 6) is -0.228. The minimum Gasteiger partial charge on any atom is -0.489 e. The lowest BCUT2D eigenvalue weighted by molar-refractivity contribution is 0.0960. The molecule has 0 aliphatic rings. The molecule has 0 saturated heterocycles. The minimum atomic E-state index is -0.429. The fourth-order valence-corrected chi connectivity index (χ4v) is 4.11. The molecule has 0 unspecified atom stereocenters. The Balaban J connectivity index is 1.69. The second-order valence-electron chi connectivity index (χ2n) is 7.40. The molecule has 170 valence electrons. The Morgan fingerprint density at radius 3 is 2.70 bits per heavy atom. The lowest BCUT2D eigenvalue weighted by atomic mass is 10.2. The Morgan fingerprint density at radius 2 is 2.00 bits per heavy atom. The van der Waals surface area contributed by atoms with Gasteiger partial charge in [0.05, 0.1) is 4.88 Å². The Hall–Kier alpha value is -3.71. The van der Waals surface area contributed by atoms with E-state index in [-0.39, 0.29) is 18.0 Å². The summed E-state index contributed by atoms with van der Waals surface area (Å²) in [5.41, 5.74) is 2.17. The number of hydrogen-bond acceptors (Lipinski definition) is 4. The van der Waals surface area contributed by atoms with E-state index in [9.17, 15) is 14.0 Å². The third-order valence-electron chi connectivity index (χ3n) is 4.68. The summed E-state index contributed by atoms with van der Waals surface area (Å²) < 4.78 is 20.7. The van der Waals surface area contributed by atoms with Crippen molar-refractivity contribution in [3.05, 3.63) is 117 Å². The third kappa shape index (κ3) is 6.63. The average molecular weight is 465 g/mol. The van der Waals surface area contributed by atoms with Gasteiger partial charge in [0.15, 0.2) is 0 Å². The van der Waals surface area contributed by atoms with Crippen molar-refractivity contribution >= 4 is 17.2 Å². The molecule has 0 atom stereocenters. The number of halogens is 1. The minimum absolute atomic E-state index is 0.206. The Morgan fingerprint density at radius 1 is 1.24 bits per heavy atom. The number of nitrogens with one attached hydrogen (secondary N) is 1. The van der Waals surface area contributed by atoms with Crippen LogP contribution in [0.25, 0.3) is 5.00 Å². The van der Waals surface area contributed by atoms with Gasteiger partial charge in [0.1, 0.15) is 23.2 Å². The number of allylic oxidation sites excluding steroid dienone is 4. The number of pyridine rings is 1. The summed E-state index contributed by atoms with van der Waals surface area (Å²) >= 11 is 1.22. The van der Waals surface area contributed by atoms with Crippen molar-refractivity contribution in [3.8, 4) is 10.8 Å². The standard InChI is InChI=1S/C26H25FN2O3S/c1-4-8-21(27)13-18(2)16-28-26(31)25-19(3)14-24(33-25)29-12-11-22(15-23(29)30)32-17-20-9-6-5-7-10-20/h4-15H,1,16-17H2,2-3H3,(H,28,31)/b18-13+,21-8+. The summed E-state index contributed by atoms with van der Waals surface area (Å²) in [6.45, 7) is 7.56. The quantitative estimate of drug-likeness (QED) is 0.425. The van der Waals surface area contributed by atoms with Crippen LogP contribution in [0.4, 0.5) is 4.39 Å². The SMILES string of the molecule is C=C/C=C(F)\C=C(/C)CNC(=O)c1sc(-n2ccc(OCc3ccccc3)cc2=O)cc1C. The van der Waals surface area contributed by atoms with Crippen LogP contribution < -0.4 is 15.6 Å². The van der Waals surface area contributed by atoms with Crippen molar-refractivity contribution in [1.29, 1.82) is 0 Å². The third-order valence-corrected chi connectivity index (χ3v) is 5.91. The van der Waals surface area contributed by atoms with E-state index < -0.39 is 5.83 Å². The van der Waals surface area contributed by atoms with Gasteiger partial charge in [0.25, 0.3) is 11.5 Å². The van der Waals surface area contributed by atoms with Crippen LogP contribution in [-0.2, 0) is 6.61 Å². The van der Waals surface area contributed by atoms with Crippen LogP contribution in [0.3, 0.4) is 0 Å². The van der Waals surface area contributed by atoms with Crippen LogP contribution in [0.15, 0.2) is 95.7 Å². The van der Waals surface area contributed by atoms with Crippen molar-refractivity contribution in [1.82, 2.24) is 9.88 Å². The number of benzene rings is 1. The molecule has 33 heavy (non-hydrogen) atoms. The van der Waals surface area contributed by atoms with Crippen molar-refractivity contribution < 1.29 is 13.9 Å².